The van der Waals surface area contributed by atoms with Crippen molar-refractivity contribution in [3.05, 3.63) is 37.0 Å². The van der Waals surface area contributed by atoms with Crippen LogP contribution in [-0.2, 0) is 4.79 Å². The maximum absolute atomic E-state index is 13.3. The molecular formula is C19H30N2O. The normalized spacial score (nSPS) is 23.1. The number of hydrogen-bond acceptors (Lipinski definition) is 2. The molecular weight excluding hydrogens is 272 g/mol. The average molecular weight is 302 g/mol. The minimum Gasteiger partial charge on any atom is -0.339 e. The van der Waals surface area contributed by atoms with Crippen LogP contribution in [0.3, 0.4) is 0 Å². The van der Waals surface area contributed by atoms with E-state index in [9.17, 15) is 4.79 Å². The Balaban J connectivity index is 2.22. The summed E-state index contributed by atoms with van der Waals surface area (Å²) in [4.78, 5) is 17.8. The first kappa shape index (κ1) is 17.0. The molecule has 1 amide bonds. The van der Waals surface area contributed by atoms with Gasteiger partial charge in [0.05, 0.1) is 5.41 Å². The Morgan fingerprint density at radius 2 is 1.73 bits per heavy atom. The van der Waals surface area contributed by atoms with Crippen LogP contribution in [0.25, 0.3) is 0 Å². The molecule has 0 atom stereocenters. The summed E-state index contributed by atoms with van der Waals surface area (Å²) in [5, 5.41) is 0. The van der Waals surface area contributed by atoms with Crippen molar-refractivity contribution in [2.24, 2.45) is 5.41 Å². The minimum atomic E-state index is -0.359. The van der Waals surface area contributed by atoms with E-state index in [1.54, 1.807) is 6.08 Å². The van der Waals surface area contributed by atoms with Crippen molar-refractivity contribution in [3.8, 4) is 0 Å². The molecule has 0 bridgehead atoms. The van der Waals surface area contributed by atoms with Crippen LogP contribution < -0.4 is 0 Å². The van der Waals surface area contributed by atoms with E-state index < -0.39 is 0 Å². The number of allylic oxidation sites excluding steroid dienone is 3. The van der Waals surface area contributed by atoms with E-state index in [4.69, 9.17) is 0 Å². The van der Waals surface area contributed by atoms with Crippen LogP contribution >= 0.6 is 0 Å². The Hall–Kier alpha value is -1.35. The topological polar surface area (TPSA) is 23.6 Å². The number of nitrogens with zero attached hydrogens (tertiary/aromatic N) is 2. The molecule has 122 valence electrons. The number of likely N-dealkylation sites (N-methyl/N-ethyl adjacent to an activating group) is 1. The molecule has 3 heteroatoms. The lowest BCUT2D eigenvalue weighted by atomic mass is 9.67. The van der Waals surface area contributed by atoms with Gasteiger partial charge in [-0.2, -0.15) is 0 Å². The van der Waals surface area contributed by atoms with Crippen molar-refractivity contribution in [1.29, 1.82) is 0 Å². The maximum atomic E-state index is 13.3. The summed E-state index contributed by atoms with van der Waals surface area (Å²) in [6.07, 6.45) is 11.0. The van der Waals surface area contributed by atoms with Crippen LogP contribution in [0.1, 0.15) is 39.0 Å². The van der Waals surface area contributed by atoms with Crippen molar-refractivity contribution >= 4 is 5.91 Å². The monoisotopic (exact) mass is 302 g/mol. The Kier molecular flexibility index (Phi) is 6.01. The van der Waals surface area contributed by atoms with Gasteiger partial charge >= 0.3 is 0 Å². The molecule has 0 spiro atoms. The molecule has 2 rings (SSSR count). The van der Waals surface area contributed by atoms with E-state index in [-0.39, 0.29) is 5.41 Å². The molecule has 1 aliphatic carbocycles. The largest absolute Gasteiger partial charge is 0.339 e. The van der Waals surface area contributed by atoms with Crippen LogP contribution in [0, 0.1) is 5.41 Å². The number of rotatable bonds is 5. The van der Waals surface area contributed by atoms with Gasteiger partial charge < -0.3 is 9.80 Å². The van der Waals surface area contributed by atoms with Crippen molar-refractivity contribution in [2.75, 3.05) is 32.7 Å². The number of amides is 1. The molecule has 0 aromatic heterocycles. The lowest BCUT2D eigenvalue weighted by molar-refractivity contribution is -0.143. The van der Waals surface area contributed by atoms with E-state index in [1.807, 2.05) is 12.2 Å². The summed E-state index contributed by atoms with van der Waals surface area (Å²) in [5.41, 5.74) is 0.702. The molecule has 0 aromatic rings. The first-order valence-electron chi connectivity index (χ1n) is 8.65. The van der Waals surface area contributed by atoms with Crippen molar-refractivity contribution in [2.45, 2.75) is 39.0 Å². The molecule has 0 aromatic carbocycles. The van der Waals surface area contributed by atoms with Gasteiger partial charge in [0.2, 0.25) is 5.91 Å². The van der Waals surface area contributed by atoms with Gasteiger partial charge in [-0.1, -0.05) is 57.6 Å². The van der Waals surface area contributed by atoms with E-state index in [2.05, 4.69) is 29.9 Å². The van der Waals surface area contributed by atoms with Gasteiger partial charge in [-0.25, -0.2) is 0 Å². The molecule has 1 saturated heterocycles. The highest BCUT2D eigenvalue weighted by Gasteiger charge is 2.44. The van der Waals surface area contributed by atoms with Crippen LogP contribution in [0.4, 0.5) is 0 Å². The fourth-order valence-electron chi connectivity index (χ4n) is 3.90. The van der Waals surface area contributed by atoms with E-state index in [1.165, 1.54) is 6.42 Å². The predicted molar refractivity (Wildman–Crippen MR) is 92.7 cm³/mol. The lowest BCUT2D eigenvalue weighted by Crippen LogP contribution is -2.54. The van der Waals surface area contributed by atoms with Crippen molar-refractivity contribution in [1.82, 2.24) is 9.80 Å². The van der Waals surface area contributed by atoms with Gasteiger partial charge in [-0.3, -0.25) is 4.79 Å². The average Bonchev–Trinajstić information content (AvgIpc) is 2.59. The highest BCUT2D eigenvalue weighted by atomic mass is 16.2. The standard InChI is InChI=1S/C19H30N2O/c1-4-10-17(5-2)19(11-8-7-9-12-19)18(22)21-15-13-20(6-3)14-16-21/h4-5,10H,1-2,6-9,11-16H2,3H3/b17-10+. The Morgan fingerprint density at radius 3 is 2.23 bits per heavy atom. The quantitative estimate of drug-likeness (QED) is 0.727. The number of carbonyl (C=O) groups is 1. The molecule has 0 unspecified atom stereocenters. The second-order valence-electron chi connectivity index (χ2n) is 6.43. The second kappa shape index (κ2) is 7.77. The maximum Gasteiger partial charge on any atom is 0.233 e. The zero-order chi connectivity index (χ0) is 16.0. The Labute approximate surface area is 135 Å². The van der Waals surface area contributed by atoms with Crippen LogP contribution in [-0.4, -0.2) is 48.4 Å². The number of carbonyl (C=O) groups excluding carboxylic acids is 1. The van der Waals surface area contributed by atoms with E-state index in [0.29, 0.717) is 5.91 Å². The number of piperazine rings is 1. The van der Waals surface area contributed by atoms with Gasteiger partial charge in [0.15, 0.2) is 0 Å². The summed E-state index contributed by atoms with van der Waals surface area (Å²) < 4.78 is 0. The molecule has 1 heterocycles. The smallest absolute Gasteiger partial charge is 0.233 e. The van der Waals surface area contributed by atoms with E-state index >= 15 is 0 Å². The number of hydrogen-bond donors (Lipinski definition) is 0. The zero-order valence-corrected chi connectivity index (χ0v) is 14.0. The first-order chi connectivity index (χ1) is 10.7. The van der Waals surface area contributed by atoms with Gasteiger partial charge in [-0.05, 0) is 25.0 Å². The summed E-state index contributed by atoms with van der Waals surface area (Å²) in [6.45, 7) is 14.7. The van der Waals surface area contributed by atoms with Crippen LogP contribution in [0.2, 0.25) is 0 Å². The Morgan fingerprint density at radius 1 is 1.09 bits per heavy atom. The third-order valence-electron chi connectivity index (χ3n) is 5.29. The molecule has 1 saturated carbocycles. The summed E-state index contributed by atoms with van der Waals surface area (Å²) in [6, 6.07) is 0. The van der Waals surface area contributed by atoms with Crippen molar-refractivity contribution in [3.63, 3.8) is 0 Å². The lowest BCUT2D eigenvalue weighted by Gasteiger charge is -2.43. The summed E-state index contributed by atoms with van der Waals surface area (Å²) >= 11 is 0. The fourth-order valence-corrected chi connectivity index (χ4v) is 3.90. The molecule has 0 radical (unpaired) electrons. The predicted octanol–water partition coefficient (Wildman–Crippen LogP) is 3.40. The van der Waals surface area contributed by atoms with Crippen LogP contribution in [0.5, 0.6) is 0 Å². The van der Waals surface area contributed by atoms with Gasteiger partial charge in [0.25, 0.3) is 0 Å². The fraction of sp³-hybridized carbons (Fsp3) is 0.632. The van der Waals surface area contributed by atoms with Crippen LogP contribution in [0.15, 0.2) is 37.0 Å². The zero-order valence-electron chi connectivity index (χ0n) is 14.0. The van der Waals surface area contributed by atoms with Gasteiger partial charge in [0.1, 0.15) is 0 Å². The highest BCUT2D eigenvalue weighted by molar-refractivity contribution is 5.87. The second-order valence-corrected chi connectivity index (χ2v) is 6.43. The van der Waals surface area contributed by atoms with Crippen molar-refractivity contribution < 1.29 is 4.79 Å². The third-order valence-corrected chi connectivity index (χ3v) is 5.29. The summed E-state index contributed by atoms with van der Waals surface area (Å²) in [5.74, 6) is 0.316. The summed E-state index contributed by atoms with van der Waals surface area (Å²) in [7, 11) is 0. The third kappa shape index (κ3) is 3.35. The molecule has 1 aliphatic heterocycles. The first-order valence-corrected chi connectivity index (χ1v) is 8.65. The molecule has 2 aliphatic rings. The van der Waals surface area contributed by atoms with Gasteiger partial charge in [-0.15, -0.1) is 0 Å². The SMILES string of the molecule is C=C/C=C(\C=C)C1(C(=O)N2CCN(CC)CC2)CCCCC1. The molecule has 22 heavy (non-hydrogen) atoms. The Bertz CT molecular complexity index is 438. The van der Waals surface area contributed by atoms with Gasteiger partial charge in [0, 0.05) is 26.2 Å². The highest BCUT2D eigenvalue weighted by Crippen LogP contribution is 2.44. The molecule has 0 N–H and O–H groups in total. The molecule has 2 fully saturated rings. The van der Waals surface area contributed by atoms with E-state index in [0.717, 1.165) is 64.0 Å². The minimum absolute atomic E-state index is 0.316. The molecule has 3 nitrogen and oxygen atoms in total.